The van der Waals surface area contributed by atoms with Crippen LogP contribution in [0.5, 0.6) is 5.75 Å². The van der Waals surface area contributed by atoms with Crippen molar-refractivity contribution >= 4 is 28.7 Å². The predicted octanol–water partition coefficient (Wildman–Crippen LogP) is 4.01. The SMILES string of the molecule is COc1cc2c(c(C(C)C)c1COC(=O)C(C)(C)C)C(=O)S[N+]2([O-])[O-]. The number of methoxy groups -OCH3 is 1. The molecule has 1 aliphatic heterocycles. The molecule has 8 heteroatoms. The van der Waals surface area contributed by atoms with Gasteiger partial charge in [-0.15, -0.1) is 0 Å². The van der Waals surface area contributed by atoms with E-state index in [-0.39, 0.29) is 41.5 Å². The van der Waals surface area contributed by atoms with Crippen molar-refractivity contribution in [1.29, 1.82) is 0 Å². The molecule has 1 aromatic carbocycles. The summed E-state index contributed by atoms with van der Waals surface area (Å²) in [5, 5.41) is 23.6. The van der Waals surface area contributed by atoms with Crippen molar-refractivity contribution in [3.63, 3.8) is 0 Å². The summed E-state index contributed by atoms with van der Waals surface area (Å²) in [5.74, 6) is -0.313. The van der Waals surface area contributed by atoms with E-state index >= 15 is 0 Å². The standard InChI is InChI=1S/C17H22NO6S/c1-9(2)13-10(8-24-16(20)17(3,4)5)12(23-6)7-11-14(13)15(19)25-18(11,21)22/h7,9H,8H2,1-6H3/q-1. The maximum Gasteiger partial charge on any atom is 0.311 e. The van der Waals surface area contributed by atoms with Crippen LogP contribution >= 0.6 is 11.9 Å². The molecule has 2 rings (SSSR count). The Bertz CT molecular complexity index is 721. The Balaban J connectivity index is 2.58. The van der Waals surface area contributed by atoms with Gasteiger partial charge in [-0.05, 0) is 32.3 Å². The third kappa shape index (κ3) is 3.67. The number of nitrogens with zero attached hydrogens (tertiary/aromatic N) is 1. The minimum Gasteiger partial charge on any atom is -0.613 e. The van der Waals surface area contributed by atoms with Crippen molar-refractivity contribution in [2.24, 2.45) is 5.41 Å². The highest BCUT2D eigenvalue weighted by Gasteiger charge is 2.40. The highest BCUT2D eigenvalue weighted by atomic mass is 32.2. The number of hydrogen-bond acceptors (Lipinski definition) is 7. The van der Waals surface area contributed by atoms with Gasteiger partial charge in [0, 0.05) is 11.6 Å². The van der Waals surface area contributed by atoms with Crippen LogP contribution in [0.25, 0.3) is 0 Å². The zero-order valence-corrected chi connectivity index (χ0v) is 16.0. The average molecular weight is 368 g/mol. The Morgan fingerprint density at radius 3 is 2.40 bits per heavy atom. The maximum absolute atomic E-state index is 12.3. The number of ether oxygens (including phenoxy) is 2. The number of quaternary nitrogens is 1. The third-order valence-corrected chi connectivity index (χ3v) is 4.68. The lowest BCUT2D eigenvalue weighted by Crippen LogP contribution is -2.24. The fourth-order valence-corrected chi connectivity index (χ4v) is 3.43. The van der Waals surface area contributed by atoms with Crippen LogP contribution in [0.3, 0.4) is 0 Å². The van der Waals surface area contributed by atoms with Gasteiger partial charge in [0.25, 0.3) is 5.12 Å². The first-order valence-electron chi connectivity index (χ1n) is 7.86. The van der Waals surface area contributed by atoms with E-state index in [1.165, 1.54) is 13.2 Å². The first-order chi connectivity index (χ1) is 11.4. The quantitative estimate of drug-likeness (QED) is 0.342. The molecule has 138 valence electrons. The van der Waals surface area contributed by atoms with Crippen LogP contribution in [0.15, 0.2) is 6.07 Å². The van der Waals surface area contributed by atoms with E-state index in [0.29, 0.717) is 11.1 Å². The second-order valence-corrected chi connectivity index (χ2v) is 8.26. The van der Waals surface area contributed by atoms with E-state index < -0.39 is 20.7 Å². The first kappa shape index (κ1) is 19.7. The molecular weight excluding hydrogens is 346 g/mol. The molecular formula is C17H22NO6S-. The summed E-state index contributed by atoms with van der Waals surface area (Å²) in [6.45, 7) is 8.78. The van der Waals surface area contributed by atoms with Gasteiger partial charge in [0.05, 0.1) is 12.5 Å². The van der Waals surface area contributed by atoms with E-state index in [0.717, 1.165) is 0 Å². The average Bonchev–Trinajstić information content (AvgIpc) is 2.71. The molecule has 0 radical (unpaired) electrons. The fourth-order valence-electron chi connectivity index (χ4n) is 2.66. The molecule has 1 aliphatic rings. The monoisotopic (exact) mass is 368 g/mol. The van der Waals surface area contributed by atoms with Crippen LogP contribution in [-0.2, 0) is 16.1 Å². The van der Waals surface area contributed by atoms with Crippen LogP contribution in [0.2, 0.25) is 0 Å². The summed E-state index contributed by atoms with van der Waals surface area (Å²) in [4.78, 5) is 24.3. The van der Waals surface area contributed by atoms with Gasteiger partial charge in [0.15, 0.2) is 17.6 Å². The third-order valence-electron chi connectivity index (χ3n) is 3.88. The van der Waals surface area contributed by atoms with Gasteiger partial charge < -0.3 is 19.9 Å². The largest absolute Gasteiger partial charge is 0.613 e. The molecule has 0 saturated heterocycles. The van der Waals surface area contributed by atoms with Crippen LogP contribution in [0.4, 0.5) is 5.69 Å². The Morgan fingerprint density at radius 1 is 1.32 bits per heavy atom. The molecule has 0 bridgehead atoms. The van der Waals surface area contributed by atoms with Crippen molar-refractivity contribution in [1.82, 2.24) is 4.21 Å². The van der Waals surface area contributed by atoms with Gasteiger partial charge in [-0.25, -0.2) is 0 Å². The van der Waals surface area contributed by atoms with Gasteiger partial charge in [-0.3, -0.25) is 13.8 Å². The molecule has 0 aromatic heterocycles. The van der Waals surface area contributed by atoms with Crippen LogP contribution in [0, 0.1) is 15.8 Å². The van der Waals surface area contributed by atoms with Crippen molar-refractivity contribution in [3.8, 4) is 5.75 Å². The van der Waals surface area contributed by atoms with Crippen molar-refractivity contribution in [2.45, 2.75) is 47.1 Å². The lowest BCUT2D eigenvalue weighted by atomic mass is 9.90. The number of esters is 1. The van der Waals surface area contributed by atoms with Crippen molar-refractivity contribution < 1.29 is 19.1 Å². The molecule has 0 fully saturated rings. The predicted molar refractivity (Wildman–Crippen MR) is 96.8 cm³/mol. The van der Waals surface area contributed by atoms with Crippen LogP contribution in [0.1, 0.15) is 62.0 Å². The summed E-state index contributed by atoms with van der Waals surface area (Å²) in [6.07, 6.45) is 0. The molecule has 1 heterocycles. The van der Waals surface area contributed by atoms with E-state index in [9.17, 15) is 20.0 Å². The minimum absolute atomic E-state index is 0.101. The Labute approximate surface area is 151 Å². The van der Waals surface area contributed by atoms with Crippen LogP contribution in [-0.4, -0.2) is 18.2 Å². The second-order valence-electron chi connectivity index (χ2n) is 7.22. The first-order valence-corrected chi connectivity index (χ1v) is 8.64. The van der Waals surface area contributed by atoms with Crippen molar-refractivity contribution in [2.75, 3.05) is 7.11 Å². The second kappa shape index (κ2) is 6.60. The van der Waals surface area contributed by atoms with E-state index in [2.05, 4.69) is 0 Å². The molecule has 0 amide bonds. The fraction of sp³-hybridized carbons (Fsp3) is 0.529. The normalized spacial score (nSPS) is 16.1. The molecule has 7 nitrogen and oxygen atoms in total. The highest BCUT2D eigenvalue weighted by molar-refractivity contribution is 8.14. The lowest BCUT2D eigenvalue weighted by molar-refractivity contribution is -0.154. The molecule has 0 saturated carbocycles. The maximum atomic E-state index is 12.3. The number of carbonyl (C=O) groups excluding carboxylic acids is 2. The molecule has 0 atom stereocenters. The summed E-state index contributed by atoms with van der Waals surface area (Å²) in [6, 6.07) is 1.28. The summed E-state index contributed by atoms with van der Waals surface area (Å²) in [5.41, 5.74) is 0.267. The molecule has 1 aromatic rings. The van der Waals surface area contributed by atoms with E-state index in [4.69, 9.17) is 9.47 Å². The van der Waals surface area contributed by atoms with Gasteiger partial charge in [0.2, 0.25) is 0 Å². The molecule has 0 aliphatic carbocycles. The molecule has 0 spiro atoms. The Morgan fingerprint density at radius 2 is 1.92 bits per heavy atom. The minimum atomic E-state index is -2.08. The smallest absolute Gasteiger partial charge is 0.311 e. The Hall–Kier alpha value is -1.61. The Kier molecular flexibility index (Phi) is 5.21. The van der Waals surface area contributed by atoms with Gasteiger partial charge in [0.1, 0.15) is 17.9 Å². The van der Waals surface area contributed by atoms with Gasteiger partial charge >= 0.3 is 5.97 Å². The highest BCUT2D eigenvalue weighted by Crippen LogP contribution is 2.50. The summed E-state index contributed by atoms with van der Waals surface area (Å²) >= 11 is 0.164. The summed E-state index contributed by atoms with van der Waals surface area (Å²) < 4.78 is 8.61. The molecule has 0 N–H and O–H groups in total. The number of carbonyl (C=O) groups is 2. The molecule has 25 heavy (non-hydrogen) atoms. The summed E-state index contributed by atoms with van der Waals surface area (Å²) in [7, 11) is 1.40. The van der Waals surface area contributed by atoms with Gasteiger partial charge in [-0.2, -0.15) is 0 Å². The number of hydrogen-bond donors (Lipinski definition) is 0. The lowest BCUT2D eigenvalue weighted by Gasteiger charge is -2.38. The number of rotatable bonds is 4. The zero-order chi connectivity index (χ0) is 19.2. The van der Waals surface area contributed by atoms with Crippen LogP contribution < -0.4 is 8.95 Å². The van der Waals surface area contributed by atoms with E-state index in [1.54, 1.807) is 20.8 Å². The molecule has 0 unspecified atom stereocenters. The number of fused-ring (bicyclic) bond motifs is 1. The van der Waals surface area contributed by atoms with Gasteiger partial charge in [-0.1, -0.05) is 13.8 Å². The number of benzene rings is 1. The van der Waals surface area contributed by atoms with Crippen molar-refractivity contribution in [3.05, 3.63) is 33.2 Å². The topological polar surface area (TPSA) is 98.7 Å². The van der Waals surface area contributed by atoms with E-state index in [1.807, 2.05) is 13.8 Å². The zero-order valence-electron chi connectivity index (χ0n) is 15.2.